The normalized spacial score (nSPS) is 41.4. The van der Waals surface area contributed by atoms with Gasteiger partial charge in [0.2, 0.25) is 0 Å². The van der Waals surface area contributed by atoms with E-state index in [-0.39, 0.29) is 95.1 Å². The molecule has 0 aromatic rings. The predicted octanol–water partition coefficient (Wildman–Crippen LogP) is -0.733. The number of aliphatic hydroxyl groups is 3. The average Bonchev–Trinajstić information content (AvgIpc) is 2.89. The Morgan fingerprint density at radius 3 is 2.19 bits per heavy atom. The number of Topliss-reactive ketones (excluding diaryl/α,β-unsaturated/α-hetero) is 1. The Labute approximate surface area is 265 Å². The van der Waals surface area contributed by atoms with Crippen LogP contribution in [-0.2, 0) is 14.2 Å². The second-order valence-corrected chi connectivity index (χ2v) is 11.3. The minimum absolute atomic E-state index is 0. The van der Waals surface area contributed by atoms with Gasteiger partial charge in [0.25, 0.3) is 0 Å². The first-order valence-electron chi connectivity index (χ1n) is 10.9. The average molecular weight is 593 g/mol. The second-order valence-electron chi connectivity index (χ2n) is 10.3. The predicted molar refractivity (Wildman–Crippen MR) is 139 cm³/mol. The van der Waals surface area contributed by atoms with Gasteiger partial charge in [-0.05, 0) is 56.6 Å². The van der Waals surface area contributed by atoms with Crippen LogP contribution in [0.15, 0.2) is 23.8 Å². The minimum atomic E-state index is -4.64. The molecule has 3 fully saturated rings. The maximum atomic E-state index is 16.9. The quantitative estimate of drug-likeness (QED) is 0.176. The monoisotopic (exact) mass is 592 g/mol. The van der Waals surface area contributed by atoms with E-state index in [4.69, 9.17) is 19.2 Å². The number of aliphatic hydroxyl groups excluding tert-OH is 2. The molecule has 206 valence electrons. The molecule has 4 aliphatic carbocycles. The van der Waals surface area contributed by atoms with Gasteiger partial charge in [-0.15, -0.1) is 12.4 Å². The summed E-state index contributed by atoms with van der Waals surface area (Å²) in [5, 5.41) is 32.0. The Balaban J connectivity index is 0. The number of fused-ring (bicyclic) bond motifs is 5. The van der Waals surface area contributed by atoms with Crippen molar-refractivity contribution in [2.75, 3.05) is 6.61 Å². The van der Waals surface area contributed by atoms with Crippen molar-refractivity contribution in [1.82, 2.24) is 0 Å². The molecule has 15 heteroatoms. The molecule has 0 bridgehead atoms. The number of alkyl halides is 1. The molecule has 37 heavy (non-hydrogen) atoms. The summed E-state index contributed by atoms with van der Waals surface area (Å²) in [6.45, 7) is 4.48. The molecule has 10 nitrogen and oxygen atoms in total. The first kappa shape index (κ1) is 40.1. The van der Waals surface area contributed by atoms with Crippen molar-refractivity contribution in [2.24, 2.45) is 28.6 Å². The number of allylic oxidation sites excluding steroid dienone is 4. The molecule has 0 radical (unpaired) electrons. The molecule has 8 N–H and O–H groups in total. The van der Waals surface area contributed by atoms with Gasteiger partial charge >= 0.3 is 66.9 Å². The first-order valence-corrected chi connectivity index (χ1v) is 12.5. The van der Waals surface area contributed by atoms with E-state index in [0.29, 0.717) is 24.8 Å². The third kappa shape index (κ3) is 6.27. The van der Waals surface area contributed by atoms with E-state index >= 15 is 4.39 Å². The van der Waals surface area contributed by atoms with Crippen molar-refractivity contribution >= 4 is 90.9 Å². The summed E-state index contributed by atoms with van der Waals surface area (Å²) in [7, 11) is -4.64. The molecule has 0 spiro atoms. The Morgan fingerprint density at radius 2 is 1.70 bits per heavy atom. The van der Waals surface area contributed by atoms with Gasteiger partial charge in [-0.2, -0.15) is 0 Å². The van der Waals surface area contributed by atoms with E-state index < -0.39 is 60.3 Å². The molecule has 0 aromatic heterocycles. The number of carbonyl (C=O) groups excluding carboxylic acids is 2. The van der Waals surface area contributed by atoms with E-state index in [1.54, 1.807) is 26.8 Å². The molecule has 4 aliphatic rings. The number of carbonyl (C=O) groups is 2. The summed E-state index contributed by atoms with van der Waals surface area (Å²) < 4.78 is 25.7. The van der Waals surface area contributed by atoms with Gasteiger partial charge in [0.15, 0.2) is 17.2 Å². The molecule has 0 saturated heterocycles. The molecule has 8 atom stereocenters. The Morgan fingerprint density at radius 1 is 1.19 bits per heavy atom. The number of hydrogen-bond donors (Lipinski definition) is 6. The van der Waals surface area contributed by atoms with Crippen molar-refractivity contribution in [2.45, 2.75) is 63.8 Å². The van der Waals surface area contributed by atoms with Gasteiger partial charge in [0.05, 0.1) is 6.10 Å². The molecule has 0 unspecified atom stereocenters. The van der Waals surface area contributed by atoms with Crippen LogP contribution in [0.5, 0.6) is 0 Å². The van der Waals surface area contributed by atoms with Crippen LogP contribution in [0.25, 0.3) is 0 Å². The van der Waals surface area contributed by atoms with E-state index in [2.05, 4.69) is 0 Å². The maximum absolute atomic E-state index is 16.9. The zero-order chi connectivity index (χ0) is 25.2. The summed E-state index contributed by atoms with van der Waals surface area (Å²) in [6, 6.07) is 0. The number of ketones is 2. The van der Waals surface area contributed by atoms with Crippen LogP contribution in [0.2, 0.25) is 0 Å². The fourth-order valence-corrected chi connectivity index (χ4v) is 7.26. The van der Waals surface area contributed by atoms with Crippen LogP contribution in [-0.4, -0.2) is 130 Å². The van der Waals surface area contributed by atoms with Crippen molar-refractivity contribution in [3.8, 4) is 0 Å². The summed E-state index contributed by atoms with van der Waals surface area (Å²) in [5.41, 5.74) is -5.17. The molecule has 0 aliphatic heterocycles. The summed E-state index contributed by atoms with van der Waals surface area (Å²) in [6.07, 6.45) is 4.44. The van der Waals surface area contributed by atoms with Gasteiger partial charge in [0, 0.05) is 16.7 Å². The van der Waals surface area contributed by atoms with Crippen LogP contribution in [0.3, 0.4) is 0 Å². The number of rotatable bonds is 2. The summed E-state index contributed by atoms with van der Waals surface area (Å²) >= 11 is 0. The van der Waals surface area contributed by atoms with Crippen molar-refractivity contribution in [1.29, 1.82) is 0 Å². The van der Waals surface area contributed by atoms with E-state index in [1.165, 1.54) is 12.2 Å². The van der Waals surface area contributed by atoms with Gasteiger partial charge in [-0.3, -0.25) is 9.59 Å². The van der Waals surface area contributed by atoms with E-state index in [0.717, 1.165) is 0 Å². The molecular formula is C22H37ClFNa2O10P. The van der Waals surface area contributed by atoms with Gasteiger partial charge in [-0.25, -0.2) is 8.96 Å². The second kappa shape index (κ2) is 13.3. The number of hydrogen-bond acceptors (Lipinski definition) is 6. The molecule has 0 aromatic carbocycles. The standard InChI is InChI=1S/C22H29FO5.ClH.2Na.H3O4P.H2O.2H/c1-12-8-16-15-5-4-13-9-14(25)6-7-19(13,2)21(15,23)17(26)10-20(16,3)22(12,28)18(27)11-24;;;;1-5(2,3)4;;;/h6-7,9,12,15-17,24,26,28H,4-5,8,10-11H2,1-3H3;1H;;;(H3,1,2,3,4);1H2;;/t12-,15+,16+,17+,19+,20+,21+,22+;;;;;;;/m1......./s1. The zero-order valence-corrected chi connectivity index (χ0v) is 21.4. The van der Waals surface area contributed by atoms with Crippen LogP contribution in [0.4, 0.5) is 4.39 Å². The van der Waals surface area contributed by atoms with Gasteiger partial charge in [0.1, 0.15) is 12.2 Å². The van der Waals surface area contributed by atoms with E-state index in [9.17, 15) is 24.9 Å². The SMILES string of the molecule is C[C@@H]1C[C@H]2[C@@H]3CCC4=CC(=O)C=C[C@]4(C)[C@@]3(F)[C@@H](O)C[C@]2(C)[C@@]1(O)C(=O)CO.Cl.O.O=P(O)(O)O.[NaH].[NaH]. The van der Waals surface area contributed by atoms with Crippen LogP contribution < -0.4 is 0 Å². The molecule has 3 saturated carbocycles. The van der Waals surface area contributed by atoms with Crippen LogP contribution in [0.1, 0.15) is 46.5 Å². The fraction of sp³-hybridized carbons (Fsp3) is 0.727. The molecule has 4 rings (SSSR count). The van der Waals surface area contributed by atoms with Crippen LogP contribution >= 0.6 is 20.2 Å². The Bertz CT molecular complexity index is 971. The van der Waals surface area contributed by atoms with Crippen LogP contribution in [0, 0.1) is 28.6 Å². The summed E-state index contributed by atoms with van der Waals surface area (Å²) in [5.74, 6) is -2.12. The topological polar surface area (TPSA) is 204 Å². The molecular weight excluding hydrogens is 556 g/mol. The van der Waals surface area contributed by atoms with Crippen molar-refractivity contribution in [3.05, 3.63) is 23.8 Å². The number of halogens is 2. The Hall–Kier alpha value is 0.990. The van der Waals surface area contributed by atoms with Crippen molar-refractivity contribution < 1.29 is 54.0 Å². The number of phosphoric acid groups is 1. The first-order chi connectivity index (χ1) is 15.0. The summed E-state index contributed by atoms with van der Waals surface area (Å²) in [4.78, 5) is 45.9. The molecule has 0 amide bonds. The Kier molecular flexibility index (Phi) is 14.4. The fourth-order valence-electron chi connectivity index (χ4n) is 7.26. The zero-order valence-electron chi connectivity index (χ0n) is 19.7. The van der Waals surface area contributed by atoms with Gasteiger partial charge < -0.3 is 35.5 Å². The molecule has 0 heterocycles. The van der Waals surface area contributed by atoms with Gasteiger partial charge in [-0.1, -0.05) is 25.5 Å². The van der Waals surface area contributed by atoms with E-state index in [1.807, 2.05) is 0 Å². The third-order valence-corrected chi connectivity index (χ3v) is 8.79. The third-order valence-electron chi connectivity index (χ3n) is 8.79. The van der Waals surface area contributed by atoms with Crippen molar-refractivity contribution in [3.63, 3.8) is 0 Å².